The van der Waals surface area contributed by atoms with E-state index in [9.17, 15) is 22.8 Å². The van der Waals surface area contributed by atoms with Gasteiger partial charge in [0.1, 0.15) is 29.3 Å². The quantitative estimate of drug-likeness (QED) is 0.355. The Labute approximate surface area is 246 Å². The number of alkyl halides is 3. The summed E-state index contributed by atoms with van der Waals surface area (Å²) >= 11 is 11.9. The molecule has 2 aromatic rings. The summed E-state index contributed by atoms with van der Waals surface area (Å²) in [5, 5.41) is 1.28. The Kier molecular flexibility index (Phi) is 8.02. The fourth-order valence-corrected chi connectivity index (χ4v) is 6.09. The summed E-state index contributed by atoms with van der Waals surface area (Å²) in [5.74, 6) is -0.0861. The van der Waals surface area contributed by atoms with Crippen molar-refractivity contribution in [1.29, 1.82) is 0 Å². The van der Waals surface area contributed by atoms with E-state index in [1.165, 1.54) is 0 Å². The molecule has 4 aliphatic rings. The lowest BCUT2D eigenvalue weighted by Gasteiger charge is -2.27. The number of ether oxygens (including phenoxy) is 3. The molecule has 0 radical (unpaired) electrons. The molecule has 4 aliphatic heterocycles. The predicted molar refractivity (Wildman–Crippen MR) is 147 cm³/mol. The second-order valence-corrected chi connectivity index (χ2v) is 12.7. The second kappa shape index (κ2) is 11.1. The van der Waals surface area contributed by atoms with Gasteiger partial charge in [0.25, 0.3) is 0 Å². The summed E-state index contributed by atoms with van der Waals surface area (Å²) in [7, 11) is 0. The first-order valence-corrected chi connectivity index (χ1v) is 14.2. The highest BCUT2D eigenvalue weighted by Crippen LogP contribution is 2.38. The van der Waals surface area contributed by atoms with Crippen molar-refractivity contribution in [3.63, 3.8) is 0 Å². The molecule has 4 heterocycles. The zero-order valence-corrected chi connectivity index (χ0v) is 24.4. The fourth-order valence-electron chi connectivity index (χ4n) is 5.70. The Morgan fingerprint density at radius 1 is 0.805 bits per heavy atom. The standard InChI is InChI=1S/C16H20ClNO3.C13H11ClF3NO2/c1-16(2,3)21-15(19)18-8-11-6-10-7-12(17)4-5-13(10)20-14(11)9-18;14-9-1-2-10-7(4-9)3-8-5-18(6-11(8)20-10)12(19)13(15,16)17/h4-5,7,11,14H,6,8-9H2,1-3H3;1-2,4,8,11H,3,5-6H2/t11-,14-;8-,11-/m11/s1. The lowest BCUT2D eigenvalue weighted by Crippen LogP contribution is -2.40. The molecular formula is C29H31Cl2F3N2O5. The van der Waals surface area contributed by atoms with Crippen molar-refractivity contribution in [1.82, 2.24) is 9.80 Å². The molecule has 12 heteroatoms. The molecule has 0 spiro atoms. The minimum absolute atomic E-state index is 0.0227. The average Bonchev–Trinajstić information content (AvgIpc) is 3.47. The largest absolute Gasteiger partial charge is 0.488 e. The number of carbonyl (C=O) groups is 2. The molecule has 7 nitrogen and oxygen atoms in total. The molecule has 2 amide bonds. The highest BCUT2D eigenvalue weighted by atomic mass is 35.5. The molecule has 2 fully saturated rings. The zero-order chi connectivity index (χ0) is 29.7. The van der Waals surface area contributed by atoms with Crippen molar-refractivity contribution in [2.24, 2.45) is 11.8 Å². The van der Waals surface area contributed by atoms with E-state index < -0.39 is 17.7 Å². The van der Waals surface area contributed by atoms with Crippen LogP contribution in [0.5, 0.6) is 11.5 Å². The van der Waals surface area contributed by atoms with Crippen LogP contribution in [-0.2, 0) is 22.4 Å². The molecule has 0 N–H and O–H groups in total. The molecule has 0 unspecified atom stereocenters. The molecular weight excluding hydrogens is 584 g/mol. The Balaban J connectivity index is 0.000000165. The van der Waals surface area contributed by atoms with Crippen molar-refractivity contribution in [2.45, 2.75) is 57.6 Å². The molecule has 41 heavy (non-hydrogen) atoms. The van der Waals surface area contributed by atoms with Crippen LogP contribution < -0.4 is 9.47 Å². The van der Waals surface area contributed by atoms with Gasteiger partial charge in [0.2, 0.25) is 0 Å². The maximum Gasteiger partial charge on any atom is 0.471 e. The van der Waals surface area contributed by atoms with Gasteiger partial charge in [-0.05, 0) is 81.1 Å². The van der Waals surface area contributed by atoms with E-state index in [1.54, 1.807) is 23.1 Å². The first kappa shape index (κ1) is 29.6. The number of carbonyl (C=O) groups excluding carboxylic acids is 2. The second-order valence-electron chi connectivity index (χ2n) is 11.8. The van der Waals surface area contributed by atoms with Crippen LogP contribution in [0.2, 0.25) is 10.0 Å². The monoisotopic (exact) mass is 614 g/mol. The van der Waals surface area contributed by atoms with Crippen LogP contribution in [-0.4, -0.2) is 72.0 Å². The van der Waals surface area contributed by atoms with Crippen LogP contribution in [0.15, 0.2) is 36.4 Å². The Morgan fingerprint density at radius 2 is 1.27 bits per heavy atom. The van der Waals surface area contributed by atoms with Crippen LogP contribution in [0.4, 0.5) is 18.0 Å². The highest BCUT2D eigenvalue weighted by Gasteiger charge is 2.48. The van der Waals surface area contributed by atoms with Crippen LogP contribution >= 0.6 is 23.2 Å². The summed E-state index contributed by atoms with van der Waals surface area (Å²) in [6, 6.07) is 10.8. The Bertz CT molecular complexity index is 1330. The van der Waals surface area contributed by atoms with Crippen molar-refractivity contribution in [2.75, 3.05) is 26.2 Å². The van der Waals surface area contributed by atoms with Gasteiger partial charge < -0.3 is 24.0 Å². The lowest BCUT2D eigenvalue weighted by molar-refractivity contribution is -0.184. The molecule has 2 saturated heterocycles. The summed E-state index contributed by atoms with van der Waals surface area (Å²) in [4.78, 5) is 26.0. The number of fused-ring (bicyclic) bond motifs is 4. The van der Waals surface area contributed by atoms with Gasteiger partial charge >= 0.3 is 18.2 Å². The summed E-state index contributed by atoms with van der Waals surface area (Å²) < 4.78 is 54.5. The number of hydrogen-bond donors (Lipinski definition) is 0. The van der Waals surface area contributed by atoms with E-state index in [4.69, 9.17) is 37.4 Å². The zero-order valence-electron chi connectivity index (χ0n) is 22.8. The molecule has 4 atom stereocenters. The van der Waals surface area contributed by atoms with Crippen LogP contribution in [0.25, 0.3) is 0 Å². The number of nitrogens with zero attached hydrogens (tertiary/aromatic N) is 2. The van der Waals surface area contributed by atoms with Gasteiger partial charge in [-0.2, -0.15) is 13.2 Å². The van der Waals surface area contributed by atoms with E-state index in [2.05, 4.69) is 0 Å². The highest BCUT2D eigenvalue weighted by molar-refractivity contribution is 6.31. The van der Waals surface area contributed by atoms with Gasteiger partial charge in [-0.15, -0.1) is 0 Å². The molecule has 0 saturated carbocycles. The number of hydrogen-bond acceptors (Lipinski definition) is 5. The van der Waals surface area contributed by atoms with E-state index in [1.807, 2.05) is 39.0 Å². The topological polar surface area (TPSA) is 68.3 Å². The average molecular weight is 615 g/mol. The normalized spacial score (nSPS) is 24.5. The minimum atomic E-state index is -4.83. The predicted octanol–water partition coefficient (Wildman–Crippen LogP) is 6.17. The van der Waals surface area contributed by atoms with E-state index >= 15 is 0 Å². The van der Waals surface area contributed by atoms with Gasteiger partial charge in [0.05, 0.1) is 13.1 Å². The molecule has 0 aliphatic carbocycles. The summed E-state index contributed by atoms with van der Waals surface area (Å²) in [5.41, 5.74) is 1.53. The number of benzene rings is 2. The lowest BCUT2D eigenvalue weighted by atomic mass is 9.93. The van der Waals surface area contributed by atoms with E-state index in [0.29, 0.717) is 36.2 Å². The van der Waals surface area contributed by atoms with Crippen LogP contribution in [0, 0.1) is 11.8 Å². The number of likely N-dealkylation sites (tertiary alicyclic amines) is 2. The maximum atomic E-state index is 12.4. The number of amides is 2. The van der Waals surface area contributed by atoms with E-state index in [0.717, 1.165) is 33.2 Å². The van der Waals surface area contributed by atoms with Crippen LogP contribution in [0.3, 0.4) is 0 Å². The molecule has 222 valence electrons. The molecule has 0 bridgehead atoms. The maximum absolute atomic E-state index is 12.4. The molecule has 2 aromatic carbocycles. The minimum Gasteiger partial charge on any atom is -0.488 e. The van der Waals surface area contributed by atoms with Crippen molar-refractivity contribution in [3.05, 3.63) is 57.6 Å². The Hall–Kier alpha value is -2.85. The molecule has 0 aromatic heterocycles. The van der Waals surface area contributed by atoms with Crippen molar-refractivity contribution in [3.8, 4) is 11.5 Å². The number of rotatable bonds is 0. The van der Waals surface area contributed by atoms with Gasteiger partial charge in [-0.1, -0.05) is 23.2 Å². The summed E-state index contributed by atoms with van der Waals surface area (Å²) in [6.45, 7) is 6.93. The van der Waals surface area contributed by atoms with Gasteiger partial charge in [-0.25, -0.2) is 4.79 Å². The third kappa shape index (κ3) is 6.80. The van der Waals surface area contributed by atoms with E-state index in [-0.39, 0.29) is 37.3 Å². The van der Waals surface area contributed by atoms with Crippen LogP contribution in [0.1, 0.15) is 31.9 Å². The van der Waals surface area contributed by atoms with Gasteiger partial charge in [0.15, 0.2) is 0 Å². The van der Waals surface area contributed by atoms with Gasteiger partial charge in [0, 0.05) is 35.0 Å². The third-order valence-corrected chi connectivity index (χ3v) is 7.98. The first-order chi connectivity index (χ1) is 19.2. The van der Waals surface area contributed by atoms with Crippen molar-refractivity contribution < 1.29 is 37.0 Å². The molecule has 6 rings (SSSR count). The fraction of sp³-hybridized carbons (Fsp3) is 0.517. The SMILES string of the molecule is CC(C)(C)OC(=O)N1C[C@H]2Cc3cc(Cl)ccc3O[C@@H]2C1.O=C(N1C[C@H]2Cc3cc(Cl)ccc3O[C@@H]2C1)C(F)(F)F. The summed E-state index contributed by atoms with van der Waals surface area (Å²) in [6.07, 6.45) is -3.96. The smallest absolute Gasteiger partial charge is 0.471 e. The van der Waals surface area contributed by atoms with Crippen molar-refractivity contribution >= 4 is 35.2 Å². The third-order valence-electron chi connectivity index (χ3n) is 7.51. The Morgan fingerprint density at radius 3 is 1.73 bits per heavy atom. The number of halogens is 5. The first-order valence-electron chi connectivity index (χ1n) is 13.4. The van der Waals surface area contributed by atoms with Gasteiger partial charge in [-0.3, -0.25) is 4.79 Å².